The molecule has 6 rings (SSSR count). The topological polar surface area (TPSA) is 57.4 Å². The van der Waals surface area contributed by atoms with Gasteiger partial charge in [-0.05, 0) is 66.8 Å². The normalized spacial score (nSPS) is 12.4. The van der Waals surface area contributed by atoms with Gasteiger partial charge < -0.3 is 9.97 Å². The first kappa shape index (κ1) is 23.7. The summed E-state index contributed by atoms with van der Waals surface area (Å²) in [7, 11) is 0. The molecule has 0 saturated carbocycles. The number of benzene rings is 1. The molecule has 10 heteroatoms. The Labute approximate surface area is 210 Å². The van der Waals surface area contributed by atoms with Gasteiger partial charge >= 0.3 is 17.1 Å². The molecule has 0 spiro atoms. The minimum atomic E-state index is -2.22. The fraction of sp³-hybridized carbons (Fsp3) is 0. The third kappa shape index (κ3) is 4.04. The van der Waals surface area contributed by atoms with E-state index in [1.807, 2.05) is 30.3 Å². The quantitative estimate of drug-likeness (QED) is 0.107. The molecule has 176 valence electrons. The summed E-state index contributed by atoms with van der Waals surface area (Å²) >= 11 is 0. The smallest absolute Gasteiger partial charge is 0.355 e. The van der Waals surface area contributed by atoms with Crippen LogP contribution in [-0.2, 0) is 17.1 Å². The van der Waals surface area contributed by atoms with Gasteiger partial charge in [-0.1, -0.05) is 0 Å². The molecule has 1 aromatic carbocycles. The molecule has 8 bridgehead atoms. The molecular formula is C26H13F5MnN4+3. The molecule has 0 radical (unpaired) electrons. The van der Waals surface area contributed by atoms with Crippen molar-refractivity contribution in [3.05, 3.63) is 106 Å². The van der Waals surface area contributed by atoms with Crippen LogP contribution in [0.1, 0.15) is 28.3 Å². The van der Waals surface area contributed by atoms with E-state index in [1.54, 1.807) is 24.3 Å². The van der Waals surface area contributed by atoms with Crippen molar-refractivity contribution in [1.29, 1.82) is 0 Å². The zero-order valence-electron chi connectivity index (χ0n) is 18.0. The summed E-state index contributed by atoms with van der Waals surface area (Å²) in [5, 5.41) is 0. The van der Waals surface area contributed by atoms with Crippen molar-refractivity contribution >= 4 is 45.9 Å². The number of halogens is 5. The van der Waals surface area contributed by atoms with Crippen molar-refractivity contribution < 1.29 is 39.0 Å². The third-order valence-corrected chi connectivity index (χ3v) is 5.64. The Bertz CT molecular complexity index is 1740. The van der Waals surface area contributed by atoms with Crippen molar-refractivity contribution in [3.8, 4) is 0 Å². The number of nitrogens with one attached hydrogen (secondary N) is 2. The summed E-state index contributed by atoms with van der Waals surface area (Å²) in [5.74, 6) is -10.1. The van der Waals surface area contributed by atoms with E-state index in [4.69, 9.17) is 0 Å². The number of nitrogens with zero attached hydrogens (tertiary/aromatic N) is 2. The van der Waals surface area contributed by atoms with Gasteiger partial charge in [0, 0.05) is 27.6 Å². The molecule has 0 atom stereocenters. The van der Waals surface area contributed by atoms with E-state index in [-0.39, 0.29) is 34.0 Å². The second-order valence-corrected chi connectivity index (χ2v) is 8.04. The largest absolute Gasteiger partial charge is 3.00 e. The van der Waals surface area contributed by atoms with Crippen molar-refractivity contribution in [1.82, 2.24) is 19.9 Å². The molecule has 0 fully saturated rings. The van der Waals surface area contributed by atoms with Crippen LogP contribution >= 0.6 is 0 Å². The number of hydrogen-bond donors (Lipinski definition) is 2. The Hall–Kier alpha value is -4.01. The summed E-state index contributed by atoms with van der Waals surface area (Å²) in [6.45, 7) is 0. The number of H-pyrrole nitrogens is 2. The van der Waals surface area contributed by atoms with Crippen LogP contribution in [0.15, 0.2) is 48.5 Å². The number of rotatable bonds is 1. The number of hydrogen-bond acceptors (Lipinski definition) is 2. The maximum atomic E-state index is 14.7. The van der Waals surface area contributed by atoms with E-state index in [0.717, 1.165) is 16.6 Å². The van der Waals surface area contributed by atoms with E-state index in [2.05, 4.69) is 19.9 Å². The van der Waals surface area contributed by atoms with Gasteiger partial charge in [0.2, 0.25) is 5.82 Å². The van der Waals surface area contributed by atoms with Crippen LogP contribution < -0.4 is 0 Å². The predicted molar refractivity (Wildman–Crippen MR) is 123 cm³/mol. The zero-order valence-corrected chi connectivity index (χ0v) is 19.2. The Kier molecular flexibility index (Phi) is 5.86. The maximum Gasteiger partial charge on any atom is 3.00 e. The maximum absolute atomic E-state index is 14.7. The van der Waals surface area contributed by atoms with Crippen LogP contribution in [0.4, 0.5) is 22.0 Å². The molecule has 36 heavy (non-hydrogen) atoms. The number of aromatic amines is 2. The second-order valence-electron chi connectivity index (χ2n) is 8.04. The predicted octanol–water partition coefficient (Wildman–Crippen LogP) is 6.77. The molecule has 0 amide bonds. The fourth-order valence-corrected chi connectivity index (χ4v) is 4.06. The molecule has 0 saturated heterocycles. The second kappa shape index (κ2) is 8.89. The summed E-state index contributed by atoms with van der Waals surface area (Å²) < 4.78 is 70.9. The summed E-state index contributed by atoms with van der Waals surface area (Å²) in [6, 6.07) is 14.2. The van der Waals surface area contributed by atoms with Crippen molar-refractivity contribution in [3.63, 3.8) is 0 Å². The van der Waals surface area contributed by atoms with Gasteiger partial charge in [0.15, 0.2) is 23.3 Å². The zero-order chi connectivity index (χ0) is 24.3. The van der Waals surface area contributed by atoms with Gasteiger partial charge in [-0.2, -0.15) is 0 Å². The molecule has 2 aliphatic heterocycles. The van der Waals surface area contributed by atoms with Crippen LogP contribution in [0.2, 0.25) is 0 Å². The average Bonchev–Trinajstić information content (AvgIpc) is 3.62. The standard InChI is InChI=1S/C26H13F5N4.Mn/c27-22-21(23(28)25(30)26(31)24(22)29)19-10-18-9-16-4-3-14(33-16)7-12-1-2-13(32-12)8-15-5-6-17(34-15)11-20(19)35-18;/h1-11,32-33H;/q;+3. The number of fused-ring (bicyclic) bond motifs is 8. The molecule has 4 nitrogen and oxygen atoms in total. The van der Waals surface area contributed by atoms with E-state index >= 15 is 0 Å². The molecule has 2 aliphatic rings. The van der Waals surface area contributed by atoms with Gasteiger partial charge in [-0.3, -0.25) is 0 Å². The SMILES string of the molecule is Fc1c(F)c(F)c(C2=Cc3cc4ccc(cc5ccc(cc6nc(cc2n3)C=C6)[nH]5)[nH]4)c(F)c1F.[Mn+3]. The molecule has 0 aliphatic carbocycles. The van der Waals surface area contributed by atoms with Crippen LogP contribution in [-0.4, -0.2) is 19.9 Å². The fourth-order valence-electron chi connectivity index (χ4n) is 4.06. The first-order valence-electron chi connectivity index (χ1n) is 10.5. The molecule has 0 unspecified atom stereocenters. The molecular weight excluding hydrogens is 518 g/mol. The molecule has 4 aromatic rings. The van der Waals surface area contributed by atoms with Crippen LogP contribution in [0, 0.1) is 29.1 Å². The molecule has 2 N–H and O–H groups in total. The average molecular weight is 531 g/mol. The Morgan fingerprint density at radius 1 is 0.528 bits per heavy atom. The Morgan fingerprint density at radius 3 is 1.58 bits per heavy atom. The Morgan fingerprint density at radius 2 is 1.00 bits per heavy atom. The minimum Gasteiger partial charge on any atom is -0.355 e. The monoisotopic (exact) mass is 531 g/mol. The van der Waals surface area contributed by atoms with Gasteiger partial charge in [0.05, 0.1) is 28.3 Å². The molecule has 3 aromatic heterocycles. The van der Waals surface area contributed by atoms with Crippen LogP contribution in [0.25, 0.3) is 45.9 Å². The first-order valence-corrected chi connectivity index (χ1v) is 10.5. The van der Waals surface area contributed by atoms with Gasteiger partial charge in [-0.25, -0.2) is 31.9 Å². The van der Waals surface area contributed by atoms with E-state index in [9.17, 15) is 22.0 Å². The van der Waals surface area contributed by atoms with Gasteiger partial charge in [0.1, 0.15) is 0 Å². The van der Waals surface area contributed by atoms with Crippen molar-refractivity contribution in [2.24, 2.45) is 0 Å². The third-order valence-electron chi connectivity index (χ3n) is 5.64. The molecule has 5 heterocycles. The van der Waals surface area contributed by atoms with E-state index in [0.29, 0.717) is 16.9 Å². The van der Waals surface area contributed by atoms with Gasteiger partial charge in [-0.15, -0.1) is 0 Å². The van der Waals surface area contributed by atoms with Gasteiger partial charge in [0.25, 0.3) is 0 Å². The van der Waals surface area contributed by atoms with Crippen molar-refractivity contribution in [2.45, 2.75) is 0 Å². The summed E-state index contributed by atoms with van der Waals surface area (Å²) in [6.07, 6.45) is 4.68. The number of aromatic nitrogens is 4. The first-order chi connectivity index (χ1) is 16.9. The van der Waals surface area contributed by atoms with Crippen molar-refractivity contribution in [2.75, 3.05) is 0 Å². The minimum absolute atomic E-state index is 0. The summed E-state index contributed by atoms with van der Waals surface area (Å²) in [5.41, 5.74) is 3.07. The van der Waals surface area contributed by atoms with E-state index < -0.39 is 34.6 Å². The Balaban J connectivity index is 0.00000267. The van der Waals surface area contributed by atoms with Crippen LogP contribution in [0.5, 0.6) is 0 Å². The summed E-state index contributed by atoms with van der Waals surface area (Å²) in [4.78, 5) is 15.3. The van der Waals surface area contributed by atoms with E-state index in [1.165, 1.54) is 12.1 Å². The van der Waals surface area contributed by atoms with Crippen LogP contribution in [0.3, 0.4) is 0 Å².